The van der Waals surface area contributed by atoms with Gasteiger partial charge in [-0.25, -0.2) is 9.97 Å². The van der Waals surface area contributed by atoms with Crippen molar-refractivity contribution in [1.29, 1.82) is 0 Å². The third-order valence-corrected chi connectivity index (χ3v) is 6.29. The van der Waals surface area contributed by atoms with E-state index in [1.54, 1.807) is 10.6 Å². The van der Waals surface area contributed by atoms with Crippen molar-refractivity contribution in [2.75, 3.05) is 17.7 Å². The maximum Gasteiger partial charge on any atom is 0.262 e. The van der Waals surface area contributed by atoms with Crippen LogP contribution in [0.1, 0.15) is 18.5 Å². The van der Waals surface area contributed by atoms with Gasteiger partial charge in [0.2, 0.25) is 5.91 Å². The molecule has 3 aromatic rings. The molecule has 1 unspecified atom stereocenters. The number of nitrogens with zero attached hydrogens (tertiary/aromatic N) is 3. The van der Waals surface area contributed by atoms with Crippen molar-refractivity contribution >= 4 is 45.0 Å². The molecule has 1 fully saturated rings. The number of thioether (sulfide) groups is 1. The zero-order chi connectivity index (χ0) is 19.5. The number of aryl methyl sites for hydroxylation is 1. The van der Waals surface area contributed by atoms with E-state index >= 15 is 0 Å². The minimum absolute atomic E-state index is 0.00660. The molecule has 1 aliphatic rings. The Morgan fingerprint density at radius 3 is 3.00 bits per heavy atom. The number of benzene rings is 1. The molecule has 1 amide bonds. The van der Waals surface area contributed by atoms with Crippen LogP contribution in [0.4, 0.5) is 5.13 Å². The van der Waals surface area contributed by atoms with E-state index in [0.717, 1.165) is 25.1 Å². The highest BCUT2D eigenvalue weighted by Gasteiger charge is 2.20. The first-order valence-electron chi connectivity index (χ1n) is 9.06. The molecule has 0 spiro atoms. The van der Waals surface area contributed by atoms with E-state index in [0.29, 0.717) is 27.7 Å². The quantitative estimate of drug-likeness (QED) is 0.491. The summed E-state index contributed by atoms with van der Waals surface area (Å²) in [5, 5.41) is 6.35. The third-order valence-electron chi connectivity index (χ3n) is 4.43. The van der Waals surface area contributed by atoms with Crippen LogP contribution in [0.25, 0.3) is 10.9 Å². The largest absolute Gasteiger partial charge is 0.376 e. The Hall–Kier alpha value is -2.23. The summed E-state index contributed by atoms with van der Waals surface area (Å²) in [4.78, 5) is 34.2. The fraction of sp³-hybridized carbons (Fsp3) is 0.368. The first-order valence-corrected chi connectivity index (χ1v) is 10.9. The molecule has 1 aliphatic heterocycles. The lowest BCUT2D eigenvalue weighted by atomic mass is 10.2. The Balaban J connectivity index is 1.57. The molecule has 28 heavy (non-hydrogen) atoms. The highest BCUT2D eigenvalue weighted by Crippen LogP contribution is 2.22. The van der Waals surface area contributed by atoms with Crippen LogP contribution < -0.4 is 10.9 Å². The molecular formula is C19H20N4O3S2. The Kier molecular flexibility index (Phi) is 5.74. The van der Waals surface area contributed by atoms with Gasteiger partial charge in [0.05, 0.1) is 35.0 Å². The van der Waals surface area contributed by atoms with Gasteiger partial charge >= 0.3 is 0 Å². The van der Waals surface area contributed by atoms with Gasteiger partial charge in [0, 0.05) is 12.0 Å². The van der Waals surface area contributed by atoms with E-state index in [2.05, 4.69) is 15.3 Å². The Morgan fingerprint density at radius 2 is 2.25 bits per heavy atom. The normalized spacial score (nSPS) is 16.5. The molecule has 0 saturated carbocycles. The van der Waals surface area contributed by atoms with Gasteiger partial charge in [-0.15, -0.1) is 11.3 Å². The summed E-state index contributed by atoms with van der Waals surface area (Å²) in [6, 6.07) is 7.28. The van der Waals surface area contributed by atoms with Crippen LogP contribution in [-0.2, 0) is 16.1 Å². The van der Waals surface area contributed by atoms with E-state index in [1.807, 2.05) is 30.5 Å². The van der Waals surface area contributed by atoms with Crippen molar-refractivity contribution in [2.45, 2.75) is 37.6 Å². The molecule has 7 nitrogen and oxygen atoms in total. The standard InChI is InChI=1S/C19H20N4O3S2/c1-12-10-27-18(20-12)22-16(24)11-28-19-21-15-7-3-2-6-14(15)17(25)23(19)9-13-5-4-8-26-13/h2-3,6-7,10,13H,4-5,8-9,11H2,1H3,(H,20,22,24). The summed E-state index contributed by atoms with van der Waals surface area (Å²) in [6.45, 7) is 3.05. The van der Waals surface area contributed by atoms with Gasteiger partial charge < -0.3 is 10.1 Å². The third kappa shape index (κ3) is 4.26. The molecule has 9 heteroatoms. The number of aromatic nitrogens is 3. The van der Waals surface area contributed by atoms with Gasteiger partial charge in [0.25, 0.3) is 5.56 Å². The van der Waals surface area contributed by atoms with Gasteiger partial charge in [0.1, 0.15) is 0 Å². The van der Waals surface area contributed by atoms with E-state index in [1.165, 1.54) is 23.1 Å². The summed E-state index contributed by atoms with van der Waals surface area (Å²) in [6.07, 6.45) is 1.93. The molecule has 0 bridgehead atoms. The van der Waals surface area contributed by atoms with Crippen LogP contribution in [0.5, 0.6) is 0 Å². The second-order valence-electron chi connectivity index (χ2n) is 6.59. The van der Waals surface area contributed by atoms with E-state index in [4.69, 9.17) is 4.74 Å². The molecule has 1 N–H and O–H groups in total. The van der Waals surface area contributed by atoms with Gasteiger partial charge in [-0.3, -0.25) is 14.2 Å². The van der Waals surface area contributed by atoms with Gasteiger partial charge in [0.15, 0.2) is 10.3 Å². The Labute approximate surface area is 170 Å². The number of thiazole rings is 1. The number of anilines is 1. The molecule has 146 valence electrons. The number of hydrogen-bond donors (Lipinski definition) is 1. The first kappa shape index (κ1) is 19.1. The zero-order valence-corrected chi connectivity index (χ0v) is 17.0. The van der Waals surface area contributed by atoms with Crippen LogP contribution in [0.3, 0.4) is 0 Å². The van der Waals surface area contributed by atoms with Crippen molar-refractivity contribution in [2.24, 2.45) is 0 Å². The fourth-order valence-electron chi connectivity index (χ4n) is 3.11. The molecule has 1 aromatic carbocycles. The molecule has 2 aromatic heterocycles. The molecule has 3 heterocycles. The van der Waals surface area contributed by atoms with Gasteiger partial charge in [-0.05, 0) is 31.9 Å². The molecule has 0 radical (unpaired) electrons. The minimum atomic E-state index is -0.176. The SMILES string of the molecule is Cc1csc(NC(=O)CSc2nc3ccccc3c(=O)n2CC2CCCO2)n1. The number of amides is 1. The molecule has 4 rings (SSSR count). The number of carbonyl (C=O) groups excluding carboxylic acids is 1. The van der Waals surface area contributed by atoms with Crippen molar-refractivity contribution in [3.8, 4) is 0 Å². The van der Waals surface area contributed by atoms with Crippen LogP contribution in [-0.4, -0.2) is 38.9 Å². The number of nitrogens with one attached hydrogen (secondary N) is 1. The lowest BCUT2D eigenvalue weighted by Gasteiger charge is -2.16. The maximum atomic E-state index is 13.0. The summed E-state index contributed by atoms with van der Waals surface area (Å²) in [5.74, 6) is -0.0278. The first-order chi connectivity index (χ1) is 13.6. The van der Waals surface area contributed by atoms with Crippen LogP contribution in [0.2, 0.25) is 0 Å². The summed E-state index contributed by atoms with van der Waals surface area (Å²) >= 11 is 2.64. The second kappa shape index (κ2) is 8.42. The summed E-state index contributed by atoms with van der Waals surface area (Å²) < 4.78 is 7.35. The lowest BCUT2D eigenvalue weighted by Crippen LogP contribution is -2.29. The van der Waals surface area contributed by atoms with Crippen molar-refractivity contribution in [3.63, 3.8) is 0 Å². The zero-order valence-electron chi connectivity index (χ0n) is 15.4. The fourth-order valence-corrected chi connectivity index (χ4v) is 4.62. The summed E-state index contributed by atoms with van der Waals surface area (Å²) in [7, 11) is 0. The molecule has 1 atom stereocenters. The van der Waals surface area contributed by atoms with E-state index in [9.17, 15) is 9.59 Å². The minimum Gasteiger partial charge on any atom is -0.376 e. The number of rotatable bonds is 6. The number of para-hydroxylation sites is 1. The topological polar surface area (TPSA) is 86.1 Å². The monoisotopic (exact) mass is 416 g/mol. The Bertz CT molecular complexity index is 1060. The van der Waals surface area contributed by atoms with Crippen molar-refractivity contribution in [3.05, 3.63) is 45.7 Å². The number of carbonyl (C=O) groups is 1. The van der Waals surface area contributed by atoms with E-state index in [-0.39, 0.29) is 23.3 Å². The number of fused-ring (bicyclic) bond motifs is 1. The van der Waals surface area contributed by atoms with Crippen molar-refractivity contribution < 1.29 is 9.53 Å². The Morgan fingerprint density at radius 1 is 1.39 bits per heavy atom. The number of hydrogen-bond acceptors (Lipinski definition) is 7. The van der Waals surface area contributed by atoms with E-state index < -0.39 is 0 Å². The highest BCUT2D eigenvalue weighted by atomic mass is 32.2. The predicted octanol–water partition coefficient (Wildman–Crippen LogP) is 3.07. The predicted molar refractivity (Wildman–Crippen MR) is 111 cm³/mol. The average Bonchev–Trinajstić information content (AvgIpc) is 3.34. The molecule has 0 aliphatic carbocycles. The van der Waals surface area contributed by atoms with Crippen LogP contribution in [0.15, 0.2) is 39.6 Å². The van der Waals surface area contributed by atoms with Crippen molar-refractivity contribution in [1.82, 2.24) is 14.5 Å². The van der Waals surface area contributed by atoms with Crippen LogP contribution >= 0.6 is 23.1 Å². The van der Waals surface area contributed by atoms with Gasteiger partial charge in [-0.2, -0.15) is 0 Å². The molecule has 1 saturated heterocycles. The summed E-state index contributed by atoms with van der Waals surface area (Å²) in [5.41, 5.74) is 1.41. The molecular weight excluding hydrogens is 396 g/mol. The number of ether oxygens (including phenoxy) is 1. The average molecular weight is 417 g/mol. The van der Waals surface area contributed by atoms with Crippen LogP contribution in [0, 0.1) is 6.92 Å². The second-order valence-corrected chi connectivity index (χ2v) is 8.39. The maximum absolute atomic E-state index is 13.0. The smallest absolute Gasteiger partial charge is 0.262 e. The van der Waals surface area contributed by atoms with Gasteiger partial charge in [-0.1, -0.05) is 23.9 Å². The lowest BCUT2D eigenvalue weighted by molar-refractivity contribution is -0.113. The highest BCUT2D eigenvalue weighted by molar-refractivity contribution is 7.99.